The molecule has 1 aromatic heterocycles. The van der Waals surface area contributed by atoms with Gasteiger partial charge in [0.25, 0.3) is 0 Å². The van der Waals surface area contributed by atoms with Crippen molar-refractivity contribution in [2.75, 3.05) is 7.05 Å². The first-order valence-electron chi connectivity index (χ1n) is 4.94. The maximum Gasteiger partial charge on any atom is 0.149 e. The van der Waals surface area contributed by atoms with Gasteiger partial charge in [0.2, 0.25) is 0 Å². The third kappa shape index (κ3) is 2.40. The predicted octanol–water partition coefficient (Wildman–Crippen LogP) is 2.89. The fraction of sp³-hybridized carbons (Fsp3) is 0.273. The topological polar surface area (TPSA) is 37.8 Å². The zero-order valence-corrected chi connectivity index (χ0v) is 10.7. The molecule has 0 fully saturated rings. The molecule has 0 amide bonds. The van der Waals surface area contributed by atoms with Gasteiger partial charge in [0.15, 0.2) is 0 Å². The predicted molar refractivity (Wildman–Crippen MR) is 67.9 cm³/mol. The Hall–Kier alpha value is -0.970. The number of rotatable bonds is 3. The minimum atomic E-state index is 0.729. The van der Waals surface area contributed by atoms with Crippen molar-refractivity contribution in [2.45, 2.75) is 13.5 Å². The summed E-state index contributed by atoms with van der Waals surface area (Å²) in [6, 6.07) is 5.96. The molecular weight excluding hydrogens is 242 g/mol. The molecule has 16 heavy (non-hydrogen) atoms. The quantitative estimate of drug-likeness (QED) is 0.914. The standard InChI is InChI=1S/C11H12ClN3S/c1-7-3-4-8(9(12)5-7)11-15-14-10(16-11)6-13-2/h3-5,13H,6H2,1-2H3. The van der Waals surface area contributed by atoms with Crippen molar-refractivity contribution in [1.82, 2.24) is 15.5 Å². The average Bonchev–Trinajstić information content (AvgIpc) is 2.67. The molecule has 0 aliphatic heterocycles. The van der Waals surface area contributed by atoms with Crippen LogP contribution in [0.2, 0.25) is 5.02 Å². The molecule has 0 atom stereocenters. The molecule has 0 saturated heterocycles. The van der Waals surface area contributed by atoms with E-state index >= 15 is 0 Å². The highest BCUT2D eigenvalue weighted by atomic mass is 35.5. The van der Waals surface area contributed by atoms with Crippen LogP contribution < -0.4 is 5.32 Å². The Morgan fingerprint density at radius 3 is 2.88 bits per heavy atom. The average molecular weight is 254 g/mol. The van der Waals surface area contributed by atoms with Crippen molar-refractivity contribution in [1.29, 1.82) is 0 Å². The van der Waals surface area contributed by atoms with Crippen LogP contribution in [-0.2, 0) is 6.54 Å². The number of aromatic nitrogens is 2. The number of hydrogen-bond donors (Lipinski definition) is 1. The van der Waals surface area contributed by atoms with Gasteiger partial charge < -0.3 is 5.32 Å². The Morgan fingerprint density at radius 2 is 2.19 bits per heavy atom. The van der Waals surface area contributed by atoms with Gasteiger partial charge in [-0.15, -0.1) is 10.2 Å². The highest BCUT2D eigenvalue weighted by Gasteiger charge is 2.09. The maximum absolute atomic E-state index is 6.17. The lowest BCUT2D eigenvalue weighted by molar-refractivity contribution is 0.795. The second-order valence-corrected chi connectivity index (χ2v) is 4.98. The van der Waals surface area contributed by atoms with Crippen LogP contribution in [0.25, 0.3) is 10.6 Å². The van der Waals surface area contributed by atoms with Crippen LogP contribution in [0.5, 0.6) is 0 Å². The fourth-order valence-corrected chi connectivity index (χ4v) is 2.65. The molecule has 0 aliphatic rings. The number of nitrogens with one attached hydrogen (secondary N) is 1. The Bertz CT molecular complexity index is 496. The second-order valence-electron chi connectivity index (χ2n) is 3.51. The summed E-state index contributed by atoms with van der Waals surface area (Å²) < 4.78 is 0. The summed E-state index contributed by atoms with van der Waals surface area (Å²) in [5.41, 5.74) is 2.10. The molecule has 84 valence electrons. The lowest BCUT2D eigenvalue weighted by atomic mass is 10.2. The molecule has 0 bridgehead atoms. The smallest absolute Gasteiger partial charge is 0.149 e. The molecule has 1 heterocycles. The lowest BCUT2D eigenvalue weighted by Crippen LogP contribution is -2.04. The number of benzene rings is 1. The van der Waals surface area contributed by atoms with E-state index in [9.17, 15) is 0 Å². The largest absolute Gasteiger partial charge is 0.313 e. The van der Waals surface area contributed by atoms with Crippen LogP contribution in [0.4, 0.5) is 0 Å². The summed E-state index contributed by atoms with van der Waals surface area (Å²) in [6.07, 6.45) is 0. The molecule has 5 heteroatoms. The fourth-order valence-electron chi connectivity index (χ4n) is 1.38. The van der Waals surface area contributed by atoms with Crippen LogP contribution in [0.1, 0.15) is 10.6 Å². The summed E-state index contributed by atoms with van der Waals surface area (Å²) >= 11 is 7.74. The first-order chi connectivity index (χ1) is 7.70. The minimum Gasteiger partial charge on any atom is -0.313 e. The van der Waals surface area contributed by atoms with Crippen molar-refractivity contribution in [3.63, 3.8) is 0 Å². The molecule has 0 unspecified atom stereocenters. The third-order valence-corrected chi connectivity index (χ3v) is 3.42. The Morgan fingerprint density at radius 1 is 1.38 bits per heavy atom. The van der Waals surface area contributed by atoms with E-state index in [0.29, 0.717) is 0 Å². The summed E-state index contributed by atoms with van der Waals surface area (Å²) in [5, 5.41) is 13.8. The van der Waals surface area contributed by atoms with Gasteiger partial charge in [0, 0.05) is 12.1 Å². The van der Waals surface area contributed by atoms with E-state index in [1.807, 2.05) is 32.2 Å². The van der Waals surface area contributed by atoms with E-state index in [2.05, 4.69) is 15.5 Å². The van der Waals surface area contributed by atoms with Crippen LogP contribution in [0.15, 0.2) is 18.2 Å². The van der Waals surface area contributed by atoms with Gasteiger partial charge in [-0.1, -0.05) is 35.1 Å². The number of halogens is 1. The van der Waals surface area contributed by atoms with Gasteiger partial charge in [0.1, 0.15) is 10.0 Å². The molecule has 3 nitrogen and oxygen atoms in total. The number of aryl methyl sites for hydroxylation is 1. The summed E-state index contributed by atoms with van der Waals surface area (Å²) in [6.45, 7) is 2.75. The van der Waals surface area contributed by atoms with Crippen molar-refractivity contribution >= 4 is 22.9 Å². The molecule has 0 aliphatic carbocycles. The van der Waals surface area contributed by atoms with Crippen LogP contribution in [0, 0.1) is 6.92 Å². The highest BCUT2D eigenvalue weighted by molar-refractivity contribution is 7.14. The van der Waals surface area contributed by atoms with Crippen LogP contribution >= 0.6 is 22.9 Å². The van der Waals surface area contributed by atoms with Crippen LogP contribution in [-0.4, -0.2) is 17.2 Å². The van der Waals surface area contributed by atoms with Gasteiger partial charge in [-0.3, -0.25) is 0 Å². The molecule has 1 aromatic carbocycles. The van der Waals surface area contributed by atoms with Gasteiger partial charge in [-0.05, 0) is 25.6 Å². The molecule has 2 aromatic rings. The van der Waals surface area contributed by atoms with E-state index in [1.54, 1.807) is 11.3 Å². The third-order valence-electron chi connectivity index (χ3n) is 2.15. The monoisotopic (exact) mass is 253 g/mol. The van der Waals surface area contributed by atoms with E-state index in [1.165, 1.54) is 0 Å². The van der Waals surface area contributed by atoms with E-state index in [-0.39, 0.29) is 0 Å². The van der Waals surface area contributed by atoms with Gasteiger partial charge in [0.05, 0.1) is 5.02 Å². The van der Waals surface area contributed by atoms with Crippen molar-refractivity contribution in [3.05, 3.63) is 33.8 Å². The van der Waals surface area contributed by atoms with E-state index in [0.717, 1.165) is 32.7 Å². The molecule has 0 saturated carbocycles. The number of nitrogens with zero attached hydrogens (tertiary/aromatic N) is 2. The normalized spacial score (nSPS) is 10.7. The Labute approximate surface area is 103 Å². The van der Waals surface area contributed by atoms with Gasteiger partial charge in [-0.25, -0.2) is 0 Å². The van der Waals surface area contributed by atoms with Crippen molar-refractivity contribution in [3.8, 4) is 10.6 Å². The van der Waals surface area contributed by atoms with Crippen LogP contribution in [0.3, 0.4) is 0 Å². The summed E-state index contributed by atoms with van der Waals surface area (Å²) in [5.74, 6) is 0. The van der Waals surface area contributed by atoms with Gasteiger partial charge in [-0.2, -0.15) is 0 Å². The molecule has 0 spiro atoms. The minimum absolute atomic E-state index is 0.729. The molecule has 2 rings (SSSR count). The van der Waals surface area contributed by atoms with Gasteiger partial charge >= 0.3 is 0 Å². The number of hydrogen-bond acceptors (Lipinski definition) is 4. The SMILES string of the molecule is CNCc1nnc(-c2ccc(C)cc2Cl)s1. The molecule has 1 N–H and O–H groups in total. The van der Waals surface area contributed by atoms with Crippen molar-refractivity contribution in [2.24, 2.45) is 0 Å². The van der Waals surface area contributed by atoms with E-state index in [4.69, 9.17) is 11.6 Å². The van der Waals surface area contributed by atoms with E-state index < -0.39 is 0 Å². The second kappa shape index (κ2) is 4.91. The zero-order valence-electron chi connectivity index (χ0n) is 9.12. The zero-order chi connectivity index (χ0) is 11.5. The van der Waals surface area contributed by atoms with Crippen molar-refractivity contribution < 1.29 is 0 Å². The molecule has 0 radical (unpaired) electrons. The molecular formula is C11H12ClN3S. The highest BCUT2D eigenvalue weighted by Crippen LogP contribution is 2.30. The Kier molecular flexibility index (Phi) is 3.53. The maximum atomic E-state index is 6.17. The first kappa shape index (κ1) is 11.5. The summed E-state index contributed by atoms with van der Waals surface area (Å²) in [4.78, 5) is 0. The summed E-state index contributed by atoms with van der Waals surface area (Å²) in [7, 11) is 1.89. The lowest BCUT2D eigenvalue weighted by Gasteiger charge is -2.00. The Balaban J connectivity index is 2.35. The first-order valence-corrected chi connectivity index (χ1v) is 6.13.